The number of ether oxygens (including phenoxy) is 1. The number of halogens is 1. The van der Waals surface area contributed by atoms with Gasteiger partial charge in [0.25, 0.3) is 11.8 Å². The molecule has 0 saturated heterocycles. The lowest BCUT2D eigenvalue weighted by atomic mass is 10.1. The summed E-state index contributed by atoms with van der Waals surface area (Å²) in [5, 5.41) is 8.55. The van der Waals surface area contributed by atoms with Crippen LogP contribution in [0.1, 0.15) is 53.7 Å². The topological polar surface area (TPSA) is 114 Å². The third-order valence-corrected chi connectivity index (χ3v) is 9.56. The summed E-state index contributed by atoms with van der Waals surface area (Å²) < 4.78 is 5.30. The number of thioether (sulfide) groups is 1. The Hall–Kier alpha value is -4.90. The smallest absolute Gasteiger partial charge is 0.341 e. The number of amides is 3. The predicted octanol–water partition coefficient (Wildman–Crippen LogP) is 8.86. The van der Waals surface area contributed by atoms with Crippen LogP contribution in [0.25, 0.3) is 0 Å². The molecule has 1 heterocycles. The van der Waals surface area contributed by atoms with Crippen LogP contribution < -0.4 is 16.0 Å². The standard InChI is InChI=1S/C36H30ClN3O5S2/c1-3-45-36(44)29-22(2)30(33(42)38-26-16-8-5-9-17-26)47-35(29)40-34(43)31(23-12-6-4-7-13-23)46-28-19-11-18-27(21-28)39-32(41)24-14-10-15-25(37)20-24/h4-21,31H,3H2,1-2H3,(H,38,42)(H,39,41)(H,40,43). The van der Waals surface area contributed by atoms with E-state index in [1.165, 1.54) is 11.8 Å². The summed E-state index contributed by atoms with van der Waals surface area (Å²) in [4.78, 5) is 54.3. The lowest BCUT2D eigenvalue weighted by Gasteiger charge is -2.18. The molecule has 47 heavy (non-hydrogen) atoms. The molecule has 1 atom stereocenters. The van der Waals surface area contributed by atoms with Crippen molar-refractivity contribution in [3.05, 3.63) is 141 Å². The minimum Gasteiger partial charge on any atom is -0.462 e. The van der Waals surface area contributed by atoms with Gasteiger partial charge in [-0.2, -0.15) is 0 Å². The molecule has 11 heteroatoms. The van der Waals surface area contributed by atoms with Gasteiger partial charge in [0.2, 0.25) is 5.91 Å². The van der Waals surface area contributed by atoms with Gasteiger partial charge in [0, 0.05) is 26.9 Å². The van der Waals surface area contributed by atoms with Crippen molar-refractivity contribution in [1.82, 2.24) is 0 Å². The highest BCUT2D eigenvalue weighted by Crippen LogP contribution is 2.40. The lowest BCUT2D eigenvalue weighted by molar-refractivity contribution is -0.115. The van der Waals surface area contributed by atoms with Gasteiger partial charge in [0.05, 0.1) is 17.0 Å². The van der Waals surface area contributed by atoms with E-state index in [0.717, 1.165) is 16.9 Å². The molecule has 0 saturated carbocycles. The van der Waals surface area contributed by atoms with Crippen molar-refractivity contribution in [1.29, 1.82) is 0 Å². The second kappa shape index (κ2) is 15.6. The first-order valence-electron chi connectivity index (χ1n) is 14.6. The van der Waals surface area contributed by atoms with Gasteiger partial charge in [0.15, 0.2) is 0 Å². The zero-order chi connectivity index (χ0) is 33.3. The summed E-state index contributed by atoms with van der Waals surface area (Å²) in [5.41, 5.74) is 2.81. The fourth-order valence-electron chi connectivity index (χ4n) is 4.67. The fraction of sp³-hybridized carbons (Fsp3) is 0.111. The fourth-order valence-corrected chi connectivity index (χ4v) is 7.04. The van der Waals surface area contributed by atoms with Gasteiger partial charge < -0.3 is 20.7 Å². The van der Waals surface area contributed by atoms with E-state index in [-0.39, 0.29) is 28.0 Å². The van der Waals surface area contributed by atoms with E-state index in [2.05, 4.69) is 16.0 Å². The predicted molar refractivity (Wildman–Crippen MR) is 189 cm³/mol. The van der Waals surface area contributed by atoms with Crippen LogP contribution >= 0.6 is 34.7 Å². The maximum absolute atomic E-state index is 14.1. The first-order valence-corrected chi connectivity index (χ1v) is 16.7. The van der Waals surface area contributed by atoms with Crippen molar-refractivity contribution in [2.45, 2.75) is 24.0 Å². The molecule has 238 valence electrons. The lowest BCUT2D eigenvalue weighted by Crippen LogP contribution is -2.20. The second-order valence-corrected chi connectivity index (χ2v) is 12.8. The Morgan fingerprint density at radius 2 is 1.45 bits per heavy atom. The van der Waals surface area contributed by atoms with E-state index >= 15 is 0 Å². The Balaban J connectivity index is 1.42. The van der Waals surface area contributed by atoms with Gasteiger partial charge in [0.1, 0.15) is 10.3 Å². The molecule has 1 unspecified atom stereocenters. The Kier molecular flexibility index (Phi) is 11.1. The van der Waals surface area contributed by atoms with E-state index < -0.39 is 23.0 Å². The van der Waals surface area contributed by atoms with Crippen LogP contribution in [-0.2, 0) is 9.53 Å². The van der Waals surface area contributed by atoms with Crippen molar-refractivity contribution in [3.8, 4) is 0 Å². The number of benzene rings is 4. The highest BCUT2D eigenvalue weighted by molar-refractivity contribution is 8.00. The average molecular weight is 684 g/mol. The minimum absolute atomic E-state index is 0.125. The van der Waals surface area contributed by atoms with Crippen LogP contribution in [0.4, 0.5) is 16.4 Å². The van der Waals surface area contributed by atoms with Gasteiger partial charge in [-0.15, -0.1) is 23.1 Å². The van der Waals surface area contributed by atoms with Crippen molar-refractivity contribution in [2.75, 3.05) is 22.6 Å². The molecule has 4 aromatic carbocycles. The number of esters is 1. The normalized spacial score (nSPS) is 11.3. The van der Waals surface area contributed by atoms with Crippen molar-refractivity contribution < 1.29 is 23.9 Å². The molecular formula is C36H30ClN3O5S2. The van der Waals surface area contributed by atoms with E-state index in [4.69, 9.17) is 16.3 Å². The Morgan fingerprint density at radius 1 is 0.787 bits per heavy atom. The number of carbonyl (C=O) groups excluding carboxylic acids is 4. The molecule has 0 aliphatic heterocycles. The molecule has 1 aromatic heterocycles. The van der Waals surface area contributed by atoms with Gasteiger partial charge in [-0.3, -0.25) is 14.4 Å². The summed E-state index contributed by atoms with van der Waals surface area (Å²) in [6.45, 7) is 3.47. The molecule has 0 spiro atoms. The monoisotopic (exact) mass is 683 g/mol. The van der Waals surface area contributed by atoms with Gasteiger partial charge >= 0.3 is 5.97 Å². The Labute approximate surface area is 285 Å². The third-order valence-electron chi connectivity index (χ3n) is 6.87. The molecule has 8 nitrogen and oxygen atoms in total. The molecule has 3 N–H and O–H groups in total. The van der Waals surface area contributed by atoms with Crippen molar-refractivity contribution in [3.63, 3.8) is 0 Å². The molecule has 0 aliphatic rings. The Bertz CT molecular complexity index is 1910. The molecule has 0 fully saturated rings. The van der Waals surface area contributed by atoms with Crippen LogP contribution in [0.2, 0.25) is 5.02 Å². The summed E-state index contributed by atoms with van der Waals surface area (Å²) in [6, 6.07) is 32.0. The van der Waals surface area contributed by atoms with Crippen LogP contribution in [0.3, 0.4) is 0 Å². The highest BCUT2D eigenvalue weighted by Gasteiger charge is 2.30. The maximum atomic E-state index is 14.1. The number of hydrogen-bond donors (Lipinski definition) is 3. The Morgan fingerprint density at radius 3 is 2.15 bits per heavy atom. The largest absolute Gasteiger partial charge is 0.462 e. The second-order valence-electron chi connectivity index (χ2n) is 10.2. The van der Waals surface area contributed by atoms with Crippen LogP contribution in [0, 0.1) is 6.92 Å². The molecule has 5 rings (SSSR count). The summed E-state index contributed by atoms with van der Waals surface area (Å²) in [7, 11) is 0. The first-order chi connectivity index (χ1) is 22.7. The van der Waals surface area contributed by atoms with Crippen LogP contribution in [-0.4, -0.2) is 30.3 Å². The van der Waals surface area contributed by atoms with Gasteiger partial charge in [-0.1, -0.05) is 72.3 Å². The number of nitrogens with one attached hydrogen (secondary N) is 3. The van der Waals surface area contributed by atoms with E-state index in [0.29, 0.717) is 32.4 Å². The average Bonchev–Trinajstić information content (AvgIpc) is 3.40. The highest BCUT2D eigenvalue weighted by atomic mass is 35.5. The summed E-state index contributed by atoms with van der Waals surface area (Å²) >= 11 is 8.34. The first kappa shape index (κ1) is 33.5. The van der Waals surface area contributed by atoms with E-state index in [1.807, 2.05) is 42.5 Å². The third kappa shape index (κ3) is 8.48. The molecule has 0 radical (unpaired) electrons. The number of thiophene rings is 1. The molecule has 3 amide bonds. The van der Waals surface area contributed by atoms with E-state index in [9.17, 15) is 19.2 Å². The zero-order valence-electron chi connectivity index (χ0n) is 25.4. The number of hydrogen-bond acceptors (Lipinski definition) is 7. The van der Waals surface area contributed by atoms with Gasteiger partial charge in [-0.25, -0.2) is 4.79 Å². The maximum Gasteiger partial charge on any atom is 0.341 e. The number of para-hydroxylation sites is 1. The summed E-state index contributed by atoms with van der Waals surface area (Å²) in [6.07, 6.45) is 0. The number of rotatable bonds is 11. The number of anilines is 3. The van der Waals surface area contributed by atoms with Crippen LogP contribution in [0.15, 0.2) is 114 Å². The quantitative estimate of drug-likeness (QED) is 0.0947. The van der Waals surface area contributed by atoms with Crippen molar-refractivity contribution in [2.24, 2.45) is 0 Å². The van der Waals surface area contributed by atoms with Crippen LogP contribution in [0.5, 0.6) is 0 Å². The zero-order valence-corrected chi connectivity index (χ0v) is 27.8. The SMILES string of the molecule is CCOC(=O)c1c(NC(=O)C(Sc2cccc(NC(=O)c3cccc(Cl)c3)c2)c2ccccc2)sc(C(=O)Nc2ccccc2)c1C. The summed E-state index contributed by atoms with van der Waals surface area (Å²) in [5.74, 6) is -1.77. The molecule has 5 aromatic rings. The van der Waals surface area contributed by atoms with E-state index in [1.54, 1.807) is 80.6 Å². The molecule has 0 bridgehead atoms. The minimum atomic E-state index is -0.755. The van der Waals surface area contributed by atoms with Crippen molar-refractivity contribution >= 4 is 74.8 Å². The molecule has 0 aliphatic carbocycles. The molecular weight excluding hydrogens is 654 g/mol. The van der Waals surface area contributed by atoms with Gasteiger partial charge in [-0.05, 0) is 73.5 Å². The number of carbonyl (C=O) groups is 4.